The molecule has 3 aliphatic rings. The monoisotopic (exact) mass is 237 g/mol. The van der Waals surface area contributed by atoms with Gasteiger partial charge < -0.3 is 10.2 Å². The van der Waals surface area contributed by atoms with E-state index in [2.05, 4.69) is 10.2 Å². The minimum atomic E-state index is 0.173. The minimum Gasteiger partial charge on any atom is -0.335 e. The van der Waals surface area contributed by atoms with Crippen LogP contribution in [0, 0.1) is 0 Å². The predicted molar refractivity (Wildman–Crippen MR) is 67.0 cm³/mol. The number of hydrogen-bond acceptors (Lipinski definition) is 2. The molecular weight excluding hydrogens is 214 g/mol. The second-order valence-corrected chi connectivity index (χ2v) is 5.69. The van der Waals surface area contributed by atoms with Gasteiger partial charge in [-0.05, 0) is 25.7 Å². The summed E-state index contributed by atoms with van der Waals surface area (Å²) in [5.74, 6) is 0. The first kappa shape index (κ1) is 11.3. The van der Waals surface area contributed by atoms with Crippen LogP contribution in [0.25, 0.3) is 0 Å². The number of carbonyl (C=O) groups excluding carboxylic acids is 1. The molecule has 1 N–H and O–H groups in total. The number of urea groups is 1. The van der Waals surface area contributed by atoms with Crippen LogP contribution in [0.3, 0.4) is 0 Å². The van der Waals surface area contributed by atoms with Gasteiger partial charge in [0.15, 0.2) is 0 Å². The Morgan fingerprint density at radius 3 is 2.18 bits per heavy atom. The summed E-state index contributed by atoms with van der Waals surface area (Å²) in [4.78, 5) is 16.6. The molecule has 0 radical (unpaired) electrons. The van der Waals surface area contributed by atoms with Crippen LogP contribution >= 0.6 is 0 Å². The highest BCUT2D eigenvalue weighted by atomic mass is 16.2. The number of piperazine rings is 1. The summed E-state index contributed by atoms with van der Waals surface area (Å²) in [6.45, 7) is 3.97. The van der Waals surface area contributed by atoms with Crippen molar-refractivity contribution < 1.29 is 4.79 Å². The second-order valence-electron chi connectivity index (χ2n) is 5.69. The molecule has 4 heteroatoms. The molecule has 1 aliphatic heterocycles. The number of carbonyl (C=O) groups is 1. The fourth-order valence-corrected chi connectivity index (χ4v) is 3.07. The highest BCUT2D eigenvalue weighted by Crippen LogP contribution is 2.27. The molecular formula is C13H23N3O. The highest BCUT2D eigenvalue weighted by molar-refractivity contribution is 5.74. The average Bonchev–Trinajstić information content (AvgIpc) is 3.09. The number of nitrogens with one attached hydrogen (secondary N) is 1. The van der Waals surface area contributed by atoms with Crippen LogP contribution in [-0.2, 0) is 0 Å². The van der Waals surface area contributed by atoms with Crippen LogP contribution in [-0.4, -0.2) is 54.1 Å². The van der Waals surface area contributed by atoms with E-state index >= 15 is 0 Å². The third kappa shape index (κ3) is 2.73. The highest BCUT2D eigenvalue weighted by Gasteiger charge is 2.32. The van der Waals surface area contributed by atoms with Gasteiger partial charge in [0.05, 0.1) is 0 Å². The molecule has 0 aromatic carbocycles. The first-order chi connectivity index (χ1) is 8.33. The Bertz CT molecular complexity index is 276. The van der Waals surface area contributed by atoms with E-state index < -0.39 is 0 Å². The fraction of sp³-hybridized carbons (Fsp3) is 0.923. The van der Waals surface area contributed by atoms with Crippen LogP contribution in [0.4, 0.5) is 4.79 Å². The predicted octanol–water partition coefficient (Wildman–Crippen LogP) is 1.42. The maximum atomic E-state index is 12.0. The maximum absolute atomic E-state index is 12.0. The van der Waals surface area contributed by atoms with Gasteiger partial charge in [-0.3, -0.25) is 4.90 Å². The molecule has 2 aliphatic carbocycles. The molecule has 0 unspecified atom stereocenters. The van der Waals surface area contributed by atoms with E-state index in [1.807, 2.05) is 4.90 Å². The van der Waals surface area contributed by atoms with E-state index in [4.69, 9.17) is 0 Å². The van der Waals surface area contributed by atoms with Crippen molar-refractivity contribution in [3.63, 3.8) is 0 Å². The molecule has 0 atom stereocenters. The van der Waals surface area contributed by atoms with Crippen molar-refractivity contribution in [2.45, 2.75) is 50.6 Å². The average molecular weight is 237 g/mol. The number of hydrogen-bond donors (Lipinski definition) is 1. The first-order valence-electron chi connectivity index (χ1n) is 7.12. The van der Waals surface area contributed by atoms with E-state index in [9.17, 15) is 4.79 Å². The van der Waals surface area contributed by atoms with E-state index in [1.165, 1.54) is 38.5 Å². The summed E-state index contributed by atoms with van der Waals surface area (Å²) in [6, 6.07) is 1.46. The lowest BCUT2D eigenvalue weighted by Gasteiger charge is -2.35. The number of nitrogens with zero attached hydrogens (tertiary/aromatic N) is 2. The van der Waals surface area contributed by atoms with E-state index in [0.717, 1.165) is 32.2 Å². The standard InChI is InChI=1S/C13H23N3O/c17-13(14-11-3-1-2-4-11)16-9-7-15(8-10-16)12-5-6-12/h11-12H,1-10H2,(H,14,17). The van der Waals surface area contributed by atoms with Crippen molar-refractivity contribution in [1.82, 2.24) is 15.1 Å². The van der Waals surface area contributed by atoms with Crippen LogP contribution in [0.1, 0.15) is 38.5 Å². The second kappa shape index (κ2) is 4.84. The molecule has 0 bridgehead atoms. The number of amides is 2. The number of rotatable bonds is 2. The Morgan fingerprint density at radius 2 is 1.59 bits per heavy atom. The van der Waals surface area contributed by atoms with Crippen molar-refractivity contribution in [2.24, 2.45) is 0 Å². The Hall–Kier alpha value is -0.770. The third-order valence-electron chi connectivity index (χ3n) is 4.35. The molecule has 0 aromatic heterocycles. The topological polar surface area (TPSA) is 35.6 Å². The molecule has 96 valence electrons. The van der Waals surface area contributed by atoms with Crippen molar-refractivity contribution in [3.8, 4) is 0 Å². The van der Waals surface area contributed by atoms with Gasteiger partial charge in [0.25, 0.3) is 0 Å². The van der Waals surface area contributed by atoms with Crippen LogP contribution in [0.2, 0.25) is 0 Å². The Morgan fingerprint density at radius 1 is 0.941 bits per heavy atom. The molecule has 3 rings (SSSR count). The van der Waals surface area contributed by atoms with Crippen LogP contribution in [0.15, 0.2) is 0 Å². The summed E-state index contributed by atoms with van der Waals surface area (Å²) < 4.78 is 0. The summed E-state index contributed by atoms with van der Waals surface area (Å²) in [5.41, 5.74) is 0. The van der Waals surface area contributed by atoms with Gasteiger partial charge in [-0.2, -0.15) is 0 Å². The molecule has 4 nitrogen and oxygen atoms in total. The lowest BCUT2D eigenvalue weighted by Crippen LogP contribution is -2.53. The lowest BCUT2D eigenvalue weighted by atomic mass is 10.2. The van der Waals surface area contributed by atoms with Gasteiger partial charge >= 0.3 is 6.03 Å². The van der Waals surface area contributed by atoms with E-state index in [-0.39, 0.29) is 6.03 Å². The van der Waals surface area contributed by atoms with Crippen molar-refractivity contribution in [2.75, 3.05) is 26.2 Å². The molecule has 2 amide bonds. The molecule has 3 fully saturated rings. The molecule has 0 aromatic rings. The smallest absolute Gasteiger partial charge is 0.317 e. The summed E-state index contributed by atoms with van der Waals surface area (Å²) >= 11 is 0. The Kier molecular flexibility index (Phi) is 3.23. The normalized spacial score (nSPS) is 27.4. The van der Waals surface area contributed by atoms with Crippen molar-refractivity contribution in [3.05, 3.63) is 0 Å². The van der Waals surface area contributed by atoms with Crippen LogP contribution in [0.5, 0.6) is 0 Å². The molecule has 1 saturated heterocycles. The van der Waals surface area contributed by atoms with Crippen molar-refractivity contribution in [1.29, 1.82) is 0 Å². The van der Waals surface area contributed by atoms with E-state index in [0.29, 0.717) is 6.04 Å². The van der Waals surface area contributed by atoms with Gasteiger partial charge in [-0.25, -0.2) is 4.79 Å². The molecule has 0 spiro atoms. The summed E-state index contributed by atoms with van der Waals surface area (Å²) in [6.07, 6.45) is 7.64. The van der Waals surface area contributed by atoms with Crippen LogP contribution < -0.4 is 5.32 Å². The summed E-state index contributed by atoms with van der Waals surface area (Å²) in [5, 5.41) is 3.18. The fourth-order valence-electron chi connectivity index (χ4n) is 3.07. The first-order valence-corrected chi connectivity index (χ1v) is 7.12. The molecule has 1 heterocycles. The SMILES string of the molecule is O=C(NC1CCCC1)N1CCN(C2CC2)CC1. The van der Waals surface area contributed by atoms with Gasteiger partial charge in [-0.1, -0.05) is 12.8 Å². The van der Waals surface area contributed by atoms with Gasteiger partial charge in [0, 0.05) is 38.3 Å². The zero-order valence-corrected chi connectivity index (χ0v) is 10.5. The summed E-state index contributed by atoms with van der Waals surface area (Å²) in [7, 11) is 0. The van der Waals surface area contributed by atoms with Gasteiger partial charge in [0.1, 0.15) is 0 Å². The third-order valence-corrected chi connectivity index (χ3v) is 4.35. The zero-order chi connectivity index (χ0) is 11.7. The minimum absolute atomic E-state index is 0.173. The van der Waals surface area contributed by atoms with Crippen molar-refractivity contribution >= 4 is 6.03 Å². The lowest BCUT2D eigenvalue weighted by molar-refractivity contribution is 0.133. The quantitative estimate of drug-likeness (QED) is 0.788. The Labute approximate surface area is 103 Å². The van der Waals surface area contributed by atoms with Gasteiger partial charge in [0.2, 0.25) is 0 Å². The molecule has 2 saturated carbocycles. The molecule has 17 heavy (non-hydrogen) atoms. The Balaban J connectivity index is 1.43. The van der Waals surface area contributed by atoms with E-state index in [1.54, 1.807) is 0 Å². The largest absolute Gasteiger partial charge is 0.335 e. The maximum Gasteiger partial charge on any atom is 0.317 e. The van der Waals surface area contributed by atoms with Gasteiger partial charge in [-0.15, -0.1) is 0 Å². The zero-order valence-electron chi connectivity index (χ0n) is 10.5.